The van der Waals surface area contributed by atoms with Gasteiger partial charge in [-0.3, -0.25) is 9.52 Å². The molecule has 0 atom stereocenters. The molecule has 1 amide bonds. The number of amides is 1. The smallest absolute Gasteiger partial charge is 0.265 e. The van der Waals surface area contributed by atoms with Crippen LogP contribution in [0.5, 0.6) is 0 Å². The number of carbonyl (C=O) groups excluding carboxylic acids is 1. The number of nitrogens with one attached hydrogen (secondary N) is 2. The van der Waals surface area contributed by atoms with Gasteiger partial charge < -0.3 is 9.88 Å². The lowest BCUT2D eigenvalue weighted by atomic mass is 10.1. The topological polar surface area (TPSA) is 93.1 Å². The van der Waals surface area contributed by atoms with E-state index in [-0.39, 0.29) is 5.91 Å². The quantitative estimate of drug-likeness (QED) is 0.456. The van der Waals surface area contributed by atoms with E-state index in [9.17, 15) is 13.2 Å². The molecule has 2 heterocycles. The SMILES string of the molecule is Cn1cncc1-c1cc(Cl)cc(NC(=O)c2cc3cc(NS(C)(=O)=O)ccc3s2)c1. The molecule has 0 unspecified atom stereocenters. The van der Waals surface area contributed by atoms with Crippen LogP contribution >= 0.6 is 22.9 Å². The van der Waals surface area contributed by atoms with Gasteiger partial charge in [0.25, 0.3) is 5.91 Å². The fraction of sp³-hybridized carbons (Fsp3) is 0.100. The van der Waals surface area contributed by atoms with Crippen LogP contribution in [0.15, 0.2) is 55.0 Å². The Labute approximate surface area is 182 Å². The highest BCUT2D eigenvalue weighted by molar-refractivity contribution is 7.92. The van der Waals surface area contributed by atoms with Crippen molar-refractivity contribution in [3.8, 4) is 11.3 Å². The van der Waals surface area contributed by atoms with Gasteiger partial charge in [0.2, 0.25) is 10.0 Å². The zero-order valence-corrected chi connectivity index (χ0v) is 18.4. The highest BCUT2D eigenvalue weighted by Crippen LogP contribution is 2.31. The van der Waals surface area contributed by atoms with Crippen LogP contribution in [0.4, 0.5) is 11.4 Å². The molecule has 0 fully saturated rings. The Morgan fingerprint density at radius 3 is 2.63 bits per heavy atom. The number of halogens is 1. The van der Waals surface area contributed by atoms with Crippen LogP contribution in [-0.2, 0) is 17.1 Å². The van der Waals surface area contributed by atoms with Crippen LogP contribution in [0, 0.1) is 0 Å². The standard InChI is InChI=1S/C20H17ClN4O3S2/c1-25-11-22-10-17(25)12-5-14(21)9-16(6-12)23-20(26)19-8-13-7-15(24-30(2,27)28)3-4-18(13)29-19/h3-11,24H,1-2H3,(H,23,26). The first-order valence-corrected chi connectivity index (χ1v) is 11.9. The molecule has 30 heavy (non-hydrogen) atoms. The summed E-state index contributed by atoms with van der Waals surface area (Å²) in [6, 6.07) is 12.2. The number of thiophene rings is 1. The molecule has 154 valence electrons. The van der Waals surface area contributed by atoms with Crippen LogP contribution in [0.25, 0.3) is 21.3 Å². The molecule has 4 aromatic rings. The average Bonchev–Trinajstić information content (AvgIpc) is 3.25. The third kappa shape index (κ3) is 4.48. The van der Waals surface area contributed by atoms with Crippen molar-refractivity contribution >= 4 is 60.3 Å². The van der Waals surface area contributed by atoms with Crippen molar-refractivity contribution in [1.82, 2.24) is 9.55 Å². The summed E-state index contributed by atoms with van der Waals surface area (Å²) in [4.78, 5) is 17.4. The van der Waals surface area contributed by atoms with E-state index in [4.69, 9.17) is 11.6 Å². The number of carbonyl (C=O) groups is 1. The van der Waals surface area contributed by atoms with Crippen molar-refractivity contribution in [2.75, 3.05) is 16.3 Å². The predicted molar refractivity (Wildman–Crippen MR) is 122 cm³/mol. The summed E-state index contributed by atoms with van der Waals surface area (Å²) < 4.78 is 28.0. The third-order valence-electron chi connectivity index (χ3n) is 4.31. The molecule has 7 nitrogen and oxygen atoms in total. The fourth-order valence-electron chi connectivity index (χ4n) is 3.07. The van der Waals surface area contributed by atoms with Crippen molar-refractivity contribution in [2.45, 2.75) is 0 Å². The number of hydrogen-bond acceptors (Lipinski definition) is 5. The average molecular weight is 461 g/mol. The fourth-order valence-corrected chi connectivity index (χ4v) is 4.80. The second-order valence-electron chi connectivity index (χ2n) is 6.81. The lowest BCUT2D eigenvalue weighted by Gasteiger charge is -2.08. The number of imidazole rings is 1. The Morgan fingerprint density at radius 2 is 1.93 bits per heavy atom. The largest absolute Gasteiger partial charge is 0.334 e. The minimum absolute atomic E-state index is 0.271. The van der Waals surface area contributed by atoms with Crippen LogP contribution in [0.2, 0.25) is 5.02 Å². The van der Waals surface area contributed by atoms with E-state index in [1.54, 1.807) is 42.9 Å². The number of hydrogen-bond donors (Lipinski definition) is 2. The van der Waals surface area contributed by atoms with Crippen molar-refractivity contribution in [3.63, 3.8) is 0 Å². The van der Waals surface area contributed by atoms with E-state index >= 15 is 0 Å². The maximum atomic E-state index is 12.8. The summed E-state index contributed by atoms with van der Waals surface area (Å²) in [7, 11) is -1.49. The number of fused-ring (bicyclic) bond motifs is 1. The van der Waals surface area contributed by atoms with Crippen molar-refractivity contribution in [2.24, 2.45) is 7.05 Å². The van der Waals surface area contributed by atoms with Gasteiger partial charge >= 0.3 is 0 Å². The van der Waals surface area contributed by atoms with E-state index in [1.807, 2.05) is 23.7 Å². The molecule has 2 aromatic carbocycles. The van der Waals surface area contributed by atoms with E-state index in [0.717, 1.165) is 27.6 Å². The molecule has 0 aliphatic carbocycles. The van der Waals surface area contributed by atoms with Crippen LogP contribution in [-0.4, -0.2) is 30.1 Å². The number of aryl methyl sites for hydroxylation is 1. The summed E-state index contributed by atoms with van der Waals surface area (Å²) in [6.45, 7) is 0. The van der Waals surface area contributed by atoms with Crippen LogP contribution < -0.4 is 10.0 Å². The van der Waals surface area contributed by atoms with Gasteiger partial charge in [0.1, 0.15) is 0 Å². The molecule has 0 bridgehead atoms. The Kier molecular flexibility index (Phi) is 5.27. The minimum Gasteiger partial charge on any atom is -0.334 e. The molecule has 0 aliphatic rings. The lowest BCUT2D eigenvalue weighted by molar-refractivity contribution is 0.103. The monoisotopic (exact) mass is 460 g/mol. The Morgan fingerprint density at radius 1 is 1.13 bits per heavy atom. The van der Waals surface area contributed by atoms with Gasteiger partial charge in [0, 0.05) is 33.7 Å². The number of sulfonamides is 1. The van der Waals surface area contributed by atoms with Crippen LogP contribution in [0.1, 0.15) is 9.67 Å². The molecule has 2 N–H and O–H groups in total. The first kappa shape index (κ1) is 20.4. The second-order valence-corrected chi connectivity index (χ2v) is 10.1. The predicted octanol–water partition coefficient (Wildman–Crippen LogP) is 4.58. The van der Waals surface area contributed by atoms with Gasteiger partial charge in [-0.15, -0.1) is 11.3 Å². The van der Waals surface area contributed by atoms with Crippen LogP contribution in [0.3, 0.4) is 0 Å². The second kappa shape index (κ2) is 7.75. The van der Waals surface area contributed by atoms with Gasteiger partial charge in [0.15, 0.2) is 0 Å². The van der Waals surface area contributed by atoms with E-state index in [0.29, 0.717) is 21.3 Å². The van der Waals surface area contributed by atoms with Gasteiger partial charge in [-0.05, 0) is 47.9 Å². The zero-order valence-electron chi connectivity index (χ0n) is 16.0. The first-order chi connectivity index (χ1) is 14.2. The molecule has 0 saturated carbocycles. The Balaban J connectivity index is 1.60. The normalized spacial score (nSPS) is 11.6. The lowest BCUT2D eigenvalue weighted by Crippen LogP contribution is -2.10. The molecule has 0 saturated heterocycles. The molecule has 4 rings (SSSR count). The van der Waals surface area contributed by atoms with Gasteiger partial charge in [0.05, 0.1) is 29.4 Å². The van der Waals surface area contributed by atoms with E-state index in [1.165, 1.54) is 11.3 Å². The number of rotatable bonds is 5. The summed E-state index contributed by atoms with van der Waals surface area (Å²) >= 11 is 7.57. The molecule has 10 heteroatoms. The zero-order chi connectivity index (χ0) is 21.5. The molecule has 2 aromatic heterocycles. The van der Waals surface area contributed by atoms with Gasteiger partial charge in [-0.2, -0.15) is 0 Å². The molecular formula is C20H17ClN4O3S2. The summed E-state index contributed by atoms with van der Waals surface area (Å²) in [6.07, 6.45) is 4.51. The number of nitrogens with zero attached hydrogens (tertiary/aromatic N) is 2. The highest BCUT2D eigenvalue weighted by atomic mass is 35.5. The summed E-state index contributed by atoms with van der Waals surface area (Å²) in [5.41, 5.74) is 2.73. The van der Waals surface area contributed by atoms with Crippen molar-refractivity contribution < 1.29 is 13.2 Å². The maximum absolute atomic E-state index is 12.8. The molecule has 0 radical (unpaired) electrons. The summed E-state index contributed by atoms with van der Waals surface area (Å²) in [5.74, 6) is -0.271. The molecule has 0 spiro atoms. The minimum atomic E-state index is -3.37. The van der Waals surface area contributed by atoms with Crippen molar-refractivity contribution in [3.05, 3.63) is 64.9 Å². The van der Waals surface area contributed by atoms with Gasteiger partial charge in [-0.25, -0.2) is 13.4 Å². The summed E-state index contributed by atoms with van der Waals surface area (Å²) in [5, 5.41) is 4.16. The highest BCUT2D eigenvalue weighted by Gasteiger charge is 2.13. The van der Waals surface area contributed by atoms with Gasteiger partial charge in [-0.1, -0.05) is 11.6 Å². The number of aromatic nitrogens is 2. The Hall–Kier alpha value is -2.88. The molecule has 0 aliphatic heterocycles. The van der Waals surface area contributed by atoms with Crippen molar-refractivity contribution in [1.29, 1.82) is 0 Å². The van der Waals surface area contributed by atoms with E-state index < -0.39 is 10.0 Å². The van der Waals surface area contributed by atoms with E-state index in [2.05, 4.69) is 15.0 Å². The Bertz CT molecular complexity index is 1380. The first-order valence-electron chi connectivity index (χ1n) is 8.78. The number of anilines is 2. The third-order valence-corrected chi connectivity index (χ3v) is 6.25. The number of benzene rings is 2. The molecular weight excluding hydrogens is 444 g/mol. The maximum Gasteiger partial charge on any atom is 0.265 e.